The molecule has 1 amide bonds. The van der Waals surface area contributed by atoms with Gasteiger partial charge in [0.1, 0.15) is 6.10 Å². The van der Waals surface area contributed by atoms with E-state index in [0.29, 0.717) is 31.9 Å². The van der Waals surface area contributed by atoms with E-state index in [-0.39, 0.29) is 30.9 Å². The highest BCUT2D eigenvalue weighted by atomic mass is 16.7. The monoisotopic (exact) mass is 345 g/mol. The predicted octanol–water partition coefficient (Wildman–Crippen LogP) is 1.92. The first-order chi connectivity index (χ1) is 12.3. The summed E-state index contributed by atoms with van der Waals surface area (Å²) in [7, 11) is 0. The maximum atomic E-state index is 12.9. The number of carbonyl (C=O) groups excluding carboxylic acids is 1. The van der Waals surface area contributed by atoms with Gasteiger partial charge in [-0.2, -0.15) is 0 Å². The molecule has 3 atom stereocenters. The van der Waals surface area contributed by atoms with E-state index in [2.05, 4.69) is 6.58 Å². The number of ether oxygens (including phenoxy) is 4. The van der Waals surface area contributed by atoms with Crippen LogP contribution in [0.15, 0.2) is 30.9 Å². The molecule has 2 heterocycles. The van der Waals surface area contributed by atoms with Crippen molar-refractivity contribution in [2.45, 2.75) is 37.5 Å². The van der Waals surface area contributed by atoms with Gasteiger partial charge in [-0.15, -0.1) is 6.58 Å². The fourth-order valence-electron chi connectivity index (χ4n) is 3.92. The Hall–Kier alpha value is -2.05. The molecule has 134 valence electrons. The number of amides is 1. The number of benzene rings is 1. The minimum absolute atomic E-state index is 0.0330. The lowest BCUT2D eigenvalue weighted by atomic mass is 10.1. The molecule has 1 saturated carbocycles. The molecule has 25 heavy (non-hydrogen) atoms. The summed E-state index contributed by atoms with van der Waals surface area (Å²) < 4.78 is 22.4. The number of nitrogens with zero attached hydrogens (tertiary/aromatic N) is 1. The van der Waals surface area contributed by atoms with Gasteiger partial charge >= 0.3 is 0 Å². The zero-order chi connectivity index (χ0) is 17.2. The Bertz CT molecular complexity index is 661. The van der Waals surface area contributed by atoms with Crippen LogP contribution >= 0.6 is 0 Å². The Kier molecular flexibility index (Phi) is 4.63. The molecule has 6 heteroatoms. The van der Waals surface area contributed by atoms with E-state index in [9.17, 15) is 4.79 Å². The lowest BCUT2D eigenvalue weighted by molar-refractivity contribution is -0.150. The molecule has 1 aromatic rings. The van der Waals surface area contributed by atoms with Crippen molar-refractivity contribution in [3.05, 3.63) is 36.4 Å². The quantitative estimate of drug-likeness (QED) is 0.763. The number of hydrogen-bond donors (Lipinski definition) is 0. The molecule has 3 aliphatic rings. The predicted molar refractivity (Wildman–Crippen MR) is 90.7 cm³/mol. The van der Waals surface area contributed by atoms with Crippen molar-refractivity contribution >= 4 is 5.91 Å². The number of fused-ring (bicyclic) bond motifs is 2. The van der Waals surface area contributed by atoms with Crippen molar-refractivity contribution < 1.29 is 23.7 Å². The van der Waals surface area contributed by atoms with Crippen LogP contribution in [0.1, 0.15) is 18.4 Å². The van der Waals surface area contributed by atoms with Crippen molar-refractivity contribution in [2.24, 2.45) is 0 Å². The van der Waals surface area contributed by atoms with Crippen molar-refractivity contribution in [1.82, 2.24) is 4.90 Å². The molecule has 1 aliphatic carbocycles. The normalized spacial score (nSPS) is 27.2. The molecule has 1 saturated heterocycles. The summed E-state index contributed by atoms with van der Waals surface area (Å²) in [5, 5.41) is 0. The van der Waals surface area contributed by atoms with Gasteiger partial charge in [-0.1, -0.05) is 12.1 Å². The smallest absolute Gasteiger partial charge is 0.231 e. The summed E-state index contributed by atoms with van der Waals surface area (Å²) in [5.74, 6) is 1.58. The highest BCUT2D eigenvalue weighted by Gasteiger charge is 2.44. The molecule has 0 aromatic heterocycles. The molecule has 0 spiro atoms. The minimum atomic E-state index is -0.0330. The third-order valence-electron chi connectivity index (χ3n) is 5.08. The molecular weight excluding hydrogens is 322 g/mol. The molecular formula is C19H23NO5. The van der Waals surface area contributed by atoms with Gasteiger partial charge in [0.05, 0.1) is 31.8 Å². The molecule has 2 aliphatic heterocycles. The number of morpholine rings is 1. The molecule has 1 aromatic carbocycles. The third kappa shape index (κ3) is 3.24. The van der Waals surface area contributed by atoms with Crippen LogP contribution in [0.25, 0.3) is 0 Å². The topological polar surface area (TPSA) is 57.2 Å². The van der Waals surface area contributed by atoms with E-state index in [4.69, 9.17) is 18.9 Å². The first kappa shape index (κ1) is 16.4. The van der Waals surface area contributed by atoms with Crippen molar-refractivity contribution in [2.75, 3.05) is 26.6 Å². The Balaban J connectivity index is 1.42. The molecule has 0 unspecified atom stereocenters. The minimum Gasteiger partial charge on any atom is -0.454 e. The van der Waals surface area contributed by atoms with Crippen molar-refractivity contribution in [3.63, 3.8) is 0 Å². The van der Waals surface area contributed by atoms with Crippen LogP contribution in [0.3, 0.4) is 0 Å². The summed E-state index contributed by atoms with van der Waals surface area (Å²) in [5.41, 5.74) is 0.940. The average Bonchev–Trinajstić information content (AvgIpc) is 3.25. The summed E-state index contributed by atoms with van der Waals surface area (Å²) in [6.07, 6.45) is 3.95. The Morgan fingerprint density at radius 1 is 1.32 bits per heavy atom. The molecule has 0 N–H and O–H groups in total. The largest absolute Gasteiger partial charge is 0.454 e. The van der Waals surface area contributed by atoms with Gasteiger partial charge in [0.25, 0.3) is 0 Å². The lowest BCUT2D eigenvalue weighted by Crippen LogP contribution is -2.54. The standard InChI is InChI=1S/C19H23NO5/c1-2-8-22-16-6-4-14-19(16)23-9-7-20(14)18(21)11-13-3-5-15-17(10-13)25-12-24-15/h2-3,5,10,14,16,19H,1,4,6-9,11-12H2/t14-,16-,19-/m0/s1. The lowest BCUT2D eigenvalue weighted by Gasteiger charge is -2.39. The molecule has 0 radical (unpaired) electrons. The maximum Gasteiger partial charge on any atom is 0.231 e. The van der Waals surface area contributed by atoms with Crippen molar-refractivity contribution in [1.29, 1.82) is 0 Å². The van der Waals surface area contributed by atoms with Gasteiger partial charge in [-0.3, -0.25) is 4.79 Å². The van der Waals surface area contributed by atoms with Crippen LogP contribution in [-0.2, 0) is 20.7 Å². The van der Waals surface area contributed by atoms with Crippen LogP contribution in [0.5, 0.6) is 11.5 Å². The zero-order valence-corrected chi connectivity index (χ0v) is 14.2. The van der Waals surface area contributed by atoms with E-state index in [1.165, 1.54) is 0 Å². The fraction of sp³-hybridized carbons (Fsp3) is 0.526. The number of hydrogen-bond acceptors (Lipinski definition) is 5. The summed E-state index contributed by atoms with van der Waals surface area (Å²) in [4.78, 5) is 14.8. The fourth-order valence-corrected chi connectivity index (χ4v) is 3.92. The second-order valence-corrected chi connectivity index (χ2v) is 6.59. The van der Waals surface area contributed by atoms with Crippen LogP contribution in [0, 0.1) is 0 Å². The summed E-state index contributed by atoms with van der Waals surface area (Å²) in [6, 6.07) is 5.78. The van der Waals surface area contributed by atoms with Gasteiger partial charge in [-0.25, -0.2) is 0 Å². The first-order valence-electron chi connectivity index (χ1n) is 8.78. The van der Waals surface area contributed by atoms with E-state index >= 15 is 0 Å². The second kappa shape index (κ2) is 7.06. The van der Waals surface area contributed by atoms with Gasteiger partial charge in [0, 0.05) is 6.54 Å². The summed E-state index contributed by atoms with van der Waals surface area (Å²) in [6.45, 7) is 5.64. The van der Waals surface area contributed by atoms with Crippen LogP contribution in [0.4, 0.5) is 0 Å². The Morgan fingerprint density at radius 2 is 2.20 bits per heavy atom. The van der Waals surface area contributed by atoms with Gasteiger partial charge in [-0.05, 0) is 30.5 Å². The Morgan fingerprint density at radius 3 is 3.08 bits per heavy atom. The van der Waals surface area contributed by atoms with Crippen LogP contribution in [-0.4, -0.2) is 55.6 Å². The van der Waals surface area contributed by atoms with E-state index < -0.39 is 0 Å². The van der Waals surface area contributed by atoms with E-state index in [0.717, 1.165) is 24.2 Å². The van der Waals surface area contributed by atoms with Crippen LogP contribution in [0.2, 0.25) is 0 Å². The van der Waals surface area contributed by atoms with Crippen molar-refractivity contribution in [3.8, 4) is 11.5 Å². The first-order valence-corrected chi connectivity index (χ1v) is 8.78. The highest BCUT2D eigenvalue weighted by molar-refractivity contribution is 5.79. The zero-order valence-electron chi connectivity index (χ0n) is 14.2. The molecule has 4 rings (SSSR count). The number of rotatable bonds is 5. The second-order valence-electron chi connectivity index (χ2n) is 6.59. The SMILES string of the molecule is C=CCO[C@H]1CC[C@H]2[C@@H]1OCCN2C(=O)Cc1ccc2c(c1)OCO2. The maximum absolute atomic E-state index is 12.9. The Labute approximate surface area is 147 Å². The summed E-state index contributed by atoms with van der Waals surface area (Å²) >= 11 is 0. The molecule has 0 bridgehead atoms. The van der Waals surface area contributed by atoms with E-state index in [1.54, 1.807) is 6.08 Å². The van der Waals surface area contributed by atoms with Crippen LogP contribution < -0.4 is 9.47 Å². The van der Waals surface area contributed by atoms with E-state index in [1.807, 2.05) is 23.1 Å². The molecule has 2 fully saturated rings. The third-order valence-corrected chi connectivity index (χ3v) is 5.08. The highest BCUT2D eigenvalue weighted by Crippen LogP contribution is 2.34. The van der Waals surface area contributed by atoms with Gasteiger partial charge < -0.3 is 23.8 Å². The molecule has 6 nitrogen and oxygen atoms in total. The van der Waals surface area contributed by atoms with Gasteiger partial charge in [0.2, 0.25) is 12.7 Å². The van der Waals surface area contributed by atoms with Gasteiger partial charge in [0.15, 0.2) is 11.5 Å². The average molecular weight is 345 g/mol. The number of carbonyl (C=O) groups is 1.